The monoisotopic (exact) mass is 194 g/mol. The Morgan fingerprint density at radius 2 is 1.85 bits per heavy atom. The van der Waals surface area contributed by atoms with Gasteiger partial charge in [-0.1, -0.05) is 0 Å². The zero-order chi connectivity index (χ0) is 10.2. The van der Waals surface area contributed by atoms with Crippen molar-refractivity contribution in [3.8, 4) is 6.07 Å². The van der Waals surface area contributed by atoms with Crippen LogP contribution in [0.1, 0.15) is 25.7 Å². The van der Waals surface area contributed by atoms with Crippen molar-refractivity contribution in [1.82, 2.24) is 5.32 Å². The van der Waals surface area contributed by atoms with Gasteiger partial charge < -0.3 is 5.32 Å². The molecule has 76 valence electrons. The Hall–Kier alpha value is -0.760. The van der Waals surface area contributed by atoms with Gasteiger partial charge in [-0.3, -0.25) is 0 Å². The summed E-state index contributed by atoms with van der Waals surface area (Å²) in [6.45, 7) is 0.522. The number of hydrogen-bond donors (Lipinski definition) is 1. The first kappa shape index (κ1) is 12.2. The predicted molar refractivity (Wildman–Crippen MR) is 43.0 cm³/mol. The second-order valence-corrected chi connectivity index (χ2v) is 2.73. The molecule has 0 saturated carbocycles. The second-order valence-electron chi connectivity index (χ2n) is 2.73. The lowest BCUT2D eigenvalue weighted by Gasteiger charge is -2.06. The molecule has 0 atom stereocenters. The van der Waals surface area contributed by atoms with Gasteiger partial charge in [0, 0.05) is 13.0 Å². The quantitative estimate of drug-likeness (QED) is 0.658. The van der Waals surface area contributed by atoms with Crippen LogP contribution in [-0.4, -0.2) is 19.3 Å². The molecule has 0 rings (SSSR count). The molecule has 0 aliphatic rings. The van der Waals surface area contributed by atoms with Crippen molar-refractivity contribution in [3.05, 3.63) is 0 Å². The van der Waals surface area contributed by atoms with Crippen LogP contribution in [0, 0.1) is 11.3 Å². The number of nitriles is 1. The molecule has 0 aromatic heterocycles. The third-order valence-electron chi connectivity index (χ3n) is 1.48. The number of nitrogens with one attached hydrogen (secondary N) is 1. The Balaban J connectivity index is 3.05. The lowest BCUT2D eigenvalue weighted by Crippen LogP contribution is -2.22. The summed E-state index contributed by atoms with van der Waals surface area (Å²) < 4.78 is 34.8. The van der Waals surface area contributed by atoms with Crippen LogP contribution in [-0.2, 0) is 0 Å². The summed E-state index contributed by atoms with van der Waals surface area (Å²) in [6.07, 6.45) is -2.88. The molecule has 0 aliphatic carbocycles. The van der Waals surface area contributed by atoms with E-state index in [0.717, 1.165) is 12.8 Å². The highest BCUT2D eigenvalue weighted by atomic mass is 19.4. The lowest BCUT2D eigenvalue weighted by molar-refractivity contribution is -0.133. The molecule has 0 bridgehead atoms. The maximum Gasteiger partial charge on any atom is 0.390 e. The van der Waals surface area contributed by atoms with Crippen molar-refractivity contribution in [2.24, 2.45) is 0 Å². The lowest BCUT2D eigenvalue weighted by atomic mass is 10.2. The molecular weight excluding hydrogens is 181 g/mol. The van der Waals surface area contributed by atoms with Crippen LogP contribution in [0.2, 0.25) is 0 Å². The number of alkyl halides is 3. The minimum atomic E-state index is -4.07. The first-order chi connectivity index (χ1) is 6.06. The molecule has 0 unspecified atom stereocenters. The molecule has 0 spiro atoms. The van der Waals surface area contributed by atoms with E-state index in [4.69, 9.17) is 5.26 Å². The summed E-state index contributed by atoms with van der Waals surface area (Å²) in [4.78, 5) is 0. The van der Waals surface area contributed by atoms with Crippen molar-refractivity contribution in [3.63, 3.8) is 0 Å². The van der Waals surface area contributed by atoms with Crippen molar-refractivity contribution in [1.29, 1.82) is 5.26 Å². The Morgan fingerprint density at radius 3 is 2.38 bits per heavy atom. The molecule has 13 heavy (non-hydrogen) atoms. The average Bonchev–Trinajstić information content (AvgIpc) is 2.01. The van der Waals surface area contributed by atoms with Gasteiger partial charge in [-0.15, -0.1) is 0 Å². The molecule has 0 fully saturated rings. The highest BCUT2D eigenvalue weighted by molar-refractivity contribution is 4.68. The van der Waals surface area contributed by atoms with Gasteiger partial charge >= 0.3 is 6.18 Å². The van der Waals surface area contributed by atoms with E-state index in [2.05, 4.69) is 5.32 Å². The van der Waals surface area contributed by atoms with Crippen LogP contribution in [0.3, 0.4) is 0 Å². The van der Waals surface area contributed by atoms with Gasteiger partial charge in [0.15, 0.2) is 0 Å². The van der Waals surface area contributed by atoms with Crippen molar-refractivity contribution in [2.45, 2.75) is 31.9 Å². The highest BCUT2D eigenvalue weighted by Crippen LogP contribution is 2.17. The number of hydrogen-bond acceptors (Lipinski definition) is 2. The van der Waals surface area contributed by atoms with E-state index in [0.29, 0.717) is 13.0 Å². The molecular formula is C8H13F3N2. The van der Waals surface area contributed by atoms with Crippen molar-refractivity contribution < 1.29 is 13.2 Å². The molecule has 1 N–H and O–H groups in total. The summed E-state index contributed by atoms with van der Waals surface area (Å²) in [6, 6.07) is 1.98. The summed E-state index contributed by atoms with van der Waals surface area (Å²) in [5, 5.41) is 10.8. The van der Waals surface area contributed by atoms with Crippen LogP contribution >= 0.6 is 0 Å². The zero-order valence-electron chi connectivity index (χ0n) is 7.32. The zero-order valence-corrected chi connectivity index (χ0v) is 7.32. The van der Waals surface area contributed by atoms with E-state index in [9.17, 15) is 13.2 Å². The Bertz CT molecular complexity index is 160. The highest BCUT2D eigenvalue weighted by Gasteiger charge is 2.25. The molecule has 0 radical (unpaired) electrons. The minimum absolute atomic E-state index is 0.0317. The van der Waals surface area contributed by atoms with E-state index < -0.39 is 12.6 Å². The maximum atomic E-state index is 11.6. The number of unbranched alkanes of at least 4 members (excludes halogenated alkanes) is 2. The molecule has 0 aromatic carbocycles. The van der Waals surface area contributed by atoms with E-state index in [1.54, 1.807) is 0 Å². The van der Waals surface area contributed by atoms with Gasteiger partial charge in [0.25, 0.3) is 0 Å². The number of nitrogens with zero attached hydrogens (tertiary/aromatic N) is 1. The molecule has 0 aliphatic heterocycles. The smallest absolute Gasteiger partial charge is 0.316 e. The summed E-state index contributed by atoms with van der Waals surface area (Å²) in [7, 11) is 0. The Labute approximate surface area is 75.7 Å². The van der Waals surface area contributed by atoms with Gasteiger partial charge in [-0.2, -0.15) is 18.4 Å². The van der Waals surface area contributed by atoms with Gasteiger partial charge in [-0.25, -0.2) is 0 Å². The molecule has 0 aromatic rings. The largest absolute Gasteiger partial charge is 0.390 e. The summed E-state index contributed by atoms with van der Waals surface area (Å²) in [5.41, 5.74) is 0. The van der Waals surface area contributed by atoms with Crippen LogP contribution in [0.5, 0.6) is 0 Å². The Morgan fingerprint density at radius 1 is 1.15 bits per heavy atom. The molecule has 5 heteroatoms. The van der Waals surface area contributed by atoms with Gasteiger partial charge in [0.05, 0.1) is 12.5 Å². The van der Waals surface area contributed by atoms with Crippen molar-refractivity contribution >= 4 is 0 Å². The van der Waals surface area contributed by atoms with Crippen LogP contribution < -0.4 is 5.32 Å². The Kier molecular flexibility index (Phi) is 6.33. The van der Waals surface area contributed by atoms with Crippen LogP contribution in [0.25, 0.3) is 0 Å². The molecule has 0 saturated heterocycles. The van der Waals surface area contributed by atoms with Gasteiger partial charge in [0.1, 0.15) is 0 Å². The summed E-state index contributed by atoms with van der Waals surface area (Å²) >= 11 is 0. The van der Waals surface area contributed by atoms with E-state index in [-0.39, 0.29) is 6.54 Å². The fraction of sp³-hybridized carbons (Fsp3) is 0.875. The van der Waals surface area contributed by atoms with Crippen LogP contribution in [0.4, 0.5) is 13.2 Å². The first-order valence-corrected chi connectivity index (χ1v) is 4.20. The molecule has 0 heterocycles. The fourth-order valence-corrected chi connectivity index (χ4v) is 0.809. The third kappa shape index (κ3) is 11.2. The van der Waals surface area contributed by atoms with Gasteiger partial charge in [-0.05, 0) is 19.4 Å². The first-order valence-electron chi connectivity index (χ1n) is 4.20. The van der Waals surface area contributed by atoms with Crippen LogP contribution in [0.15, 0.2) is 0 Å². The second kappa shape index (κ2) is 6.72. The van der Waals surface area contributed by atoms with Gasteiger partial charge in [0.2, 0.25) is 0 Å². The molecule has 0 amide bonds. The number of halogens is 3. The van der Waals surface area contributed by atoms with E-state index in [1.165, 1.54) is 0 Å². The van der Waals surface area contributed by atoms with E-state index >= 15 is 0 Å². The standard InChI is InChI=1S/C8H13F3N2/c9-8(10,11)4-7-13-6-3-1-2-5-12/h13H,1-4,6-7H2. The normalized spacial score (nSPS) is 11.2. The molecule has 2 nitrogen and oxygen atoms in total. The SMILES string of the molecule is N#CCCCCNCCC(F)(F)F. The number of rotatable bonds is 6. The topological polar surface area (TPSA) is 35.8 Å². The fourth-order valence-electron chi connectivity index (χ4n) is 0.809. The maximum absolute atomic E-state index is 11.6. The van der Waals surface area contributed by atoms with E-state index in [1.807, 2.05) is 6.07 Å². The van der Waals surface area contributed by atoms with Crippen molar-refractivity contribution in [2.75, 3.05) is 13.1 Å². The predicted octanol–water partition coefficient (Wildman–Crippen LogP) is 2.22. The average molecular weight is 194 g/mol. The minimum Gasteiger partial charge on any atom is -0.316 e. The third-order valence-corrected chi connectivity index (χ3v) is 1.48. The summed E-state index contributed by atoms with van der Waals surface area (Å²) in [5.74, 6) is 0.